The summed E-state index contributed by atoms with van der Waals surface area (Å²) in [6, 6.07) is 8.16. The molecule has 0 atom stereocenters. The summed E-state index contributed by atoms with van der Waals surface area (Å²) in [6.07, 6.45) is 5.29. The summed E-state index contributed by atoms with van der Waals surface area (Å²) in [4.78, 5) is 28.1. The fourth-order valence-electron chi connectivity index (χ4n) is 3.63. The summed E-state index contributed by atoms with van der Waals surface area (Å²) in [5, 5.41) is 3.07. The van der Waals surface area contributed by atoms with E-state index in [-0.39, 0.29) is 17.7 Å². The molecule has 3 rings (SSSR count). The van der Waals surface area contributed by atoms with Gasteiger partial charge in [-0.05, 0) is 50.3 Å². The van der Waals surface area contributed by atoms with Gasteiger partial charge in [-0.15, -0.1) is 0 Å². The molecule has 0 spiro atoms. The highest BCUT2D eigenvalue weighted by atomic mass is 16.2. The third-order valence-corrected chi connectivity index (χ3v) is 5.15. The highest BCUT2D eigenvalue weighted by Crippen LogP contribution is 2.24. The van der Waals surface area contributed by atoms with Gasteiger partial charge in [0.05, 0.1) is 0 Å². The quantitative estimate of drug-likeness (QED) is 0.928. The molecule has 1 aromatic rings. The van der Waals surface area contributed by atoms with E-state index in [4.69, 9.17) is 0 Å². The Morgan fingerprint density at radius 3 is 2.42 bits per heavy atom. The Morgan fingerprint density at radius 2 is 1.75 bits per heavy atom. The molecule has 1 N–H and O–H groups in total. The number of benzene rings is 1. The molecule has 130 valence electrons. The van der Waals surface area contributed by atoms with Crippen LogP contribution in [0.3, 0.4) is 0 Å². The molecule has 0 aliphatic carbocycles. The van der Waals surface area contributed by atoms with Gasteiger partial charge in [-0.2, -0.15) is 0 Å². The molecule has 0 bridgehead atoms. The minimum Gasteiger partial charge on any atom is -0.371 e. The Hall–Kier alpha value is -2.04. The second kappa shape index (κ2) is 7.69. The Morgan fingerprint density at radius 1 is 1.04 bits per heavy atom. The van der Waals surface area contributed by atoms with Crippen molar-refractivity contribution in [3.05, 3.63) is 24.3 Å². The minimum absolute atomic E-state index is 0.000701. The van der Waals surface area contributed by atoms with Crippen LogP contribution in [-0.2, 0) is 9.59 Å². The van der Waals surface area contributed by atoms with Crippen LogP contribution in [0, 0.1) is 5.92 Å². The van der Waals surface area contributed by atoms with Crippen LogP contribution in [0.4, 0.5) is 11.4 Å². The Kier molecular flexibility index (Phi) is 5.38. The number of carbonyl (C=O) groups excluding carboxylic acids is 2. The number of hydrogen-bond donors (Lipinski definition) is 1. The van der Waals surface area contributed by atoms with Gasteiger partial charge in [0.15, 0.2) is 0 Å². The lowest BCUT2D eigenvalue weighted by atomic mass is 9.96. The number of rotatable bonds is 3. The molecule has 0 saturated carbocycles. The zero-order valence-electron chi connectivity index (χ0n) is 14.5. The summed E-state index contributed by atoms with van der Waals surface area (Å²) in [5.74, 6) is 0.177. The number of hydrogen-bond acceptors (Lipinski definition) is 3. The predicted octanol–water partition coefficient (Wildman–Crippen LogP) is 2.87. The van der Waals surface area contributed by atoms with Gasteiger partial charge in [0.25, 0.3) is 0 Å². The number of likely N-dealkylation sites (tertiary alicyclic amines) is 1. The molecule has 0 radical (unpaired) electrons. The van der Waals surface area contributed by atoms with Crippen LogP contribution in [0.2, 0.25) is 0 Å². The van der Waals surface area contributed by atoms with Gasteiger partial charge in [0.2, 0.25) is 11.8 Å². The first kappa shape index (κ1) is 16.8. The fraction of sp³-hybridized carbons (Fsp3) is 0.579. The lowest BCUT2D eigenvalue weighted by molar-refractivity contribution is -0.132. The summed E-state index contributed by atoms with van der Waals surface area (Å²) in [5.41, 5.74) is 2.07. The van der Waals surface area contributed by atoms with Gasteiger partial charge in [0.1, 0.15) is 0 Å². The Balaban J connectivity index is 1.57. The van der Waals surface area contributed by atoms with Crippen molar-refractivity contribution < 1.29 is 9.59 Å². The van der Waals surface area contributed by atoms with Crippen molar-refractivity contribution in [3.8, 4) is 0 Å². The van der Waals surface area contributed by atoms with E-state index in [1.807, 2.05) is 17.0 Å². The van der Waals surface area contributed by atoms with Crippen LogP contribution in [-0.4, -0.2) is 42.9 Å². The van der Waals surface area contributed by atoms with Crippen molar-refractivity contribution in [2.45, 2.75) is 39.0 Å². The molecule has 24 heavy (non-hydrogen) atoms. The number of anilines is 2. The lowest BCUT2D eigenvalue weighted by Crippen LogP contribution is -2.40. The first-order valence-corrected chi connectivity index (χ1v) is 9.05. The van der Waals surface area contributed by atoms with E-state index in [0.29, 0.717) is 13.1 Å². The van der Waals surface area contributed by atoms with Gasteiger partial charge in [-0.3, -0.25) is 9.59 Å². The number of piperidine rings is 2. The first-order chi connectivity index (χ1) is 11.6. The van der Waals surface area contributed by atoms with Crippen molar-refractivity contribution in [2.75, 3.05) is 36.4 Å². The van der Waals surface area contributed by atoms with Crippen LogP contribution < -0.4 is 10.2 Å². The van der Waals surface area contributed by atoms with Crippen molar-refractivity contribution in [1.29, 1.82) is 0 Å². The number of nitrogens with one attached hydrogen (secondary N) is 1. The lowest BCUT2D eigenvalue weighted by Gasteiger charge is -2.31. The number of amides is 2. The zero-order chi connectivity index (χ0) is 16.9. The molecule has 2 heterocycles. The van der Waals surface area contributed by atoms with E-state index in [1.54, 1.807) is 6.92 Å². The second-order valence-corrected chi connectivity index (χ2v) is 6.87. The summed E-state index contributed by atoms with van der Waals surface area (Å²) < 4.78 is 0. The summed E-state index contributed by atoms with van der Waals surface area (Å²) in [6.45, 7) is 5.15. The van der Waals surface area contributed by atoms with Crippen LogP contribution in [0.1, 0.15) is 39.0 Å². The molecule has 2 aliphatic heterocycles. The average Bonchev–Trinajstić information content (AvgIpc) is 2.63. The van der Waals surface area contributed by atoms with Crippen molar-refractivity contribution >= 4 is 23.2 Å². The van der Waals surface area contributed by atoms with Gasteiger partial charge in [-0.1, -0.05) is 6.07 Å². The molecule has 0 unspecified atom stereocenters. The topological polar surface area (TPSA) is 52.7 Å². The van der Waals surface area contributed by atoms with Gasteiger partial charge in [0, 0.05) is 50.4 Å². The van der Waals surface area contributed by atoms with Gasteiger partial charge < -0.3 is 15.1 Å². The molecule has 0 aromatic heterocycles. The maximum atomic E-state index is 12.5. The van der Waals surface area contributed by atoms with Crippen molar-refractivity contribution in [3.63, 3.8) is 0 Å². The van der Waals surface area contributed by atoms with Crippen molar-refractivity contribution in [2.24, 2.45) is 5.92 Å². The van der Waals surface area contributed by atoms with Gasteiger partial charge >= 0.3 is 0 Å². The maximum absolute atomic E-state index is 12.5. The maximum Gasteiger partial charge on any atom is 0.227 e. The monoisotopic (exact) mass is 329 g/mol. The molecule has 1 aromatic carbocycles. The first-order valence-electron chi connectivity index (χ1n) is 9.05. The Bertz CT molecular complexity index is 588. The molecule has 5 heteroatoms. The predicted molar refractivity (Wildman–Crippen MR) is 96.1 cm³/mol. The smallest absolute Gasteiger partial charge is 0.227 e. The average molecular weight is 329 g/mol. The molecular weight excluding hydrogens is 302 g/mol. The molecule has 2 fully saturated rings. The van der Waals surface area contributed by atoms with Gasteiger partial charge in [-0.25, -0.2) is 0 Å². The molecular formula is C19H27N3O2. The highest BCUT2D eigenvalue weighted by Gasteiger charge is 2.26. The summed E-state index contributed by atoms with van der Waals surface area (Å²) in [7, 11) is 0. The Labute approximate surface area is 144 Å². The van der Waals surface area contributed by atoms with E-state index >= 15 is 0 Å². The molecule has 5 nitrogen and oxygen atoms in total. The van der Waals surface area contributed by atoms with Crippen LogP contribution in [0.5, 0.6) is 0 Å². The summed E-state index contributed by atoms with van der Waals surface area (Å²) >= 11 is 0. The zero-order valence-corrected chi connectivity index (χ0v) is 14.5. The molecule has 2 aliphatic rings. The van der Waals surface area contributed by atoms with E-state index in [0.717, 1.165) is 31.6 Å². The fourth-order valence-corrected chi connectivity index (χ4v) is 3.63. The van der Waals surface area contributed by atoms with Crippen LogP contribution in [0.15, 0.2) is 24.3 Å². The van der Waals surface area contributed by atoms with E-state index < -0.39 is 0 Å². The van der Waals surface area contributed by atoms with E-state index in [2.05, 4.69) is 22.3 Å². The van der Waals surface area contributed by atoms with E-state index in [1.165, 1.54) is 24.9 Å². The standard InChI is InChI=1S/C19H27N3O2/c1-15(23)21-12-8-16(9-13-21)19(24)20-17-6-5-7-18(14-17)22-10-3-2-4-11-22/h5-7,14,16H,2-4,8-13H2,1H3,(H,20,24). The second-order valence-electron chi connectivity index (χ2n) is 6.87. The van der Waals surface area contributed by atoms with E-state index in [9.17, 15) is 9.59 Å². The largest absolute Gasteiger partial charge is 0.371 e. The van der Waals surface area contributed by atoms with Crippen LogP contribution in [0.25, 0.3) is 0 Å². The highest BCUT2D eigenvalue weighted by molar-refractivity contribution is 5.93. The molecule has 2 saturated heterocycles. The van der Waals surface area contributed by atoms with Crippen LogP contribution >= 0.6 is 0 Å². The number of carbonyl (C=O) groups is 2. The normalized spacial score (nSPS) is 19.2. The van der Waals surface area contributed by atoms with Crippen molar-refractivity contribution in [1.82, 2.24) is 4.90 Å². The third kappa shape index (κ3) is 4.08. The SMILES string of the molecule is CC(=O)N1CCC(C(=O)Nc2cccc(N3CCCCC3)c2)CC1. The number of nitrogens with zero attached hydrogens (tertiary/aromatic N) is 2. The minimum atomic E-state index is -0.000701. The molecule has 2 amide bonds. The third-order valence-electron chi connectivity index (χ3n) is 5.15.